The molecule has 0 saturated carbocycles. The zero-order chi connectivity index (χ0) is 12.1. The smallest absolute Gasteiger partial charge is 0.354 e. The first kappa shape index (κ1) is 11.5. The van der Waals surface area contributed by atoms with Gasteiger partial charge in [-0.15, -0.1) is 0 Å². The molecule has 0 unspecified atom stereocenters. The third kappa shape index (κ3) is 3.25. The third-order valence-electron chi connectivity index (χ3n) is 1.92. The normalized spacial score (nSPS) is 10.1. The summed E-state index contributed by atoms with van der Waals surface area (Å²) in [5.74, 6) is -0.474. The third-order valence-corrected chi connectivity index (χ3v) is 2.83. The summed E-state index contributed by atoms with van der Waals surface area (Å²) in [5, 5.41) is 9.45. The number of hydrogen-bond donors (Lipinski definition) is 1. The minimum atomic E-state index is -1.02. The zero-order valence-electron chi connectivity index (χ0n) is 8.78. The van der Waals surface area contributed by atoms with Crippen LogP contribution in [0.5, 0.6) is 0 Å². The van der Waals surface area contributed by atoms with Crippen molar-refractivity contribution in [2.45, 2.75) is 10.9 Å². The number of aromatic carboxylic acids is 1. The molecule has 0 aliphatic heterocycles. The first-order chi connectivity index (χ1) is 8.25. The fraction of sp³-hybridized carbons (Fsp3) is 0.0909. The number of nitrogens with zero attached hydrogens (tertiary/aromatic N) is 3. The lowest BCUT2D eigenvalue weighted by Gasteiger charge is -2.00. The molecular formula is C11H9N3O2S. The topological polar surface area (TPSA) is 76.0 Å². The number of pyridine rings is 1. The molecule has 0 amide bonds. The number of hydrogen-bond acceptors (Lipinski definition) is 5. The van der Waals surface area contributed by atoms with Crippen molar-refractivity contribution in [3.05, 3.63) is 48.0 Å². The van der Waals surface area contributed by atoms with Crippen molar-refractivity contribution in [3.63, 3.8) is 0 Å². The van der Waals surface area contributed by atoms with Crippen LogP contribution in [-0.2, 0) is 5.75 Å². The first-order valence-electron chi connectivity index (χ1n) is 4.85. The van der Waals surface area contributed by atoms with Gasteiger partial charge in [0.05, 0.1) is 5.69 Å². The van der Waals surface area contributed by atoms with Gasteiger partial charge in [0.1, 0.15) is 5.69 Å². The van der Waals surface area contributed by atoms with Crippen LogP contribution in [0.1, 0.15) is 16.2 Å². The van der Waals surface area contributed by atoms with Crippen molar-refractivity contribution in [2.24, 2.45) is 0 Å². The van der Waals surface area contributed by atoms with Crippen LogP contribution in [-0.4, -0.2) is 26.0 Å². The summed E-state index contributed by atoms with van der Waals surface area (Å²) in [5.41, 5.74) is 0.749. The quantitative estimate of drug-likeness (QED) is 0.656. The standard InChI is InChI=1S/C11H9N3O2S/c15-10(16)9-4-1-3-8(14-9)7-17-11-12-5-2-6-13-11/h1-6H,7H2,(H,15,16). The van der Waals surface area contributed by atoms with Gasteiger partial charge in [-0.1, -0.05) is 17.8 Å². The van der Waals surface area contributed by atoms with E-state index in [4.69, 9.17) is 5.11 Å². The van der Waals surface area contributed by atoms with Crippen LogP contribution in [0.2, 0.25) is 0 Å². The molecule has 0 spiro atoms. The highest BCUT2D eigenvalue weighted by Gasteiger charge is 2.05. The van der Waals surface area contributed by atoms with Crippen LogP contribution in [0, 0.1) is 0 Å². The molecule has 1 N–H and O–H groups in total. The van der Waals surface area contributed by atoms with Crippen LogP contribution in [0.4, 0.5) is 0 Å². The summed E-state index contributed by atoms with van der Waals surface area (Å²) >= 11 is 1.42. The average molecular weight is 247 g/mol. The first-order valence-corrected chi connectivity index (χ1v) is 5.83. The van der Waals surface area contributed by atoms with Crippen molar-refractivity contribution in [1.82, 2.24) is 15.0 Å². The van der Waals surface area contributed by atoms with Gasteiger partial charge in [0.25, 0.3) is 0 Å². The summed E-state index contributed by atoms with van der Waals surface area (Å²) in [7, 11) is 0. The molecule has 2 heterocycles. The Hall–Kier alpha value is -1.95. The summed E-state index contributed by atoms with van der Waals surface area (Å²) in [6, 6.07) is 6.67. The van der Waals surface area contributed by atoms with E-state index in [0.717, 1.165) is 0 Å². The molecule has 6 heteroatoms. The Morgan fingerprint density at radius 3 is 2.71 bits per heavy atom. The predicted molar refractivity (Wildman–Crippen MR) is 62.8 cm³/mol. The van der Waals surface area contributed by atoms with E-state index in [2.05, 4.69) is 15.0 Å². The monoisotopic (exact) mass is 247 g/mol. The lowest BCUT2D eigenvalue weighted by atomic mass is 10.3. The van der Waals surface area contributed by atoms with E-state index in [1.54, 1.807) is 30.6 Å². The molecule has 0 bridgehead atoms. The Balaban J connectivity index is 2.04. The van der Waals surface area contributed by atoms with E-state index in [-0.39, 0.29) is 5.69 Å². The Labute approximate surface area is 102 Å². The molecule has 0 saturated heterocycles. The van der Waals surface area contributed by atoms with E-state index in [1.165, 1.54) is 17.8 Å². The van der Waals surface area contributed by atoms with Gasteiger partial charge in [-0.25, -0.2) is 19.7 Å². The minimum Gasteiger partial charge on any atom is -0.477 e. The molecule has 0 aliphatic rings. The van der Waals surface area contributed by atoms with Crippen LogP contribution in [0.25, 0.3) is 0 Å². The molecule has 0 fully saturated rings. The summed E-state index contributed by atoms with van der Waals surface area (Å²) in [4.78, 5) is 22.9. The van der Waals surface area contributed by atoms with Gasteiger partial charge >= 0.3 is 5.97 Å². The second-order valence-electron chi connectivity index (χ2n) is 3.14. The molecule has 86 valence electrons. The fourth-order valence-electron chi connectivity index (χ4n) is 1.18. The summed E-state index contributed by atoms with van der Waals surface area (Å²) in [6.07, 6.45) is 3.33. The molecule has 0 aromatic carbocycles. The van der Waals surface area contributed by atoms with Gasteiger partial charge in [-0.05, 0) is 18.2 Å². The van der Waals surface area contributed by atoms with Crippen molar-refractivity contribution in [1.29, 1.82) is 0 Å². The minimum absolute atomic E-state index is 0.0529. The highest BCUT2D eigenvalue weighted by Crippen LogP contribution is 2.17. The highest BCUT2D eigenvalue weighted by atomic mass is 32.2. The van der Waals surface area contributed by atoms with E-state index < -0.39 is 5.97 Å². The van der Waals surface area contributed by atoms with Gasteiger partial charge in [0, 0.05) is 18.1 Å². The molecule has 2 aromatic heterocycles. The zero-order valence-corrected chi connectivity index (χ0v) is 9.59. The number of aromatic nitrogens is 3. The van der Waals surface area contributed by atoms with Crippen LogP contribution >= 0.6 is 11.8 Å². The van der Waals surface area contributed by atoms with Crippen molar-refractivity contribution >= 4 is 17.7 Å². The van der Waals surface area contributed by atoms with Gasteiger partial charge in [-0.2, -0.15) is 0 Å². The SMILES string of the molecule is O=C(O)c1cccc(CSc2ncccn2)n1. The maximum Gasteiger partial charge on any atom is 0.354 e. The fourth-order valence-corrected chi connectivity index (χ4v) is 1.89. The van der Waals surface area contributed by atoms with Gasteiger partial charge in [-0.3, -0.25) is 0 Å². The lowest BCUT2D eigenvalue weighted by molar-refractivity contribution is 0.0690. The molecular weight excluding hydrogens is 238 g/mol. The predicted octanol–water partition coefficient (Wildman–Crippen LogP) is 1.86. The number of carboxylic acids is 1. The van der Waals surface area contributed by atoms with Crippen molar-refractivity contribution in [2.75, 3.05) is 0 Å². The van der Waals surface area contributed by atoms with Crippen molar-refractivity contribution < 1.29 is 9.90 Å². The molecule has 17 heavy (non-hydrogen) atoms. The Morgan fingerprint density at radius 2 is 2.00 bits per heavy atom. The number of carboxylic acid groups (broad SMARTS) is 1. The molecule has 5 nitrogen and oxygen atoms in total. The van der Waals surface area contributed by atoms with E-state index in [9.17, 15) is 4.79 Å². The maximum atomic E-state index is 10.7. The van der Waals surface area contributed by atoms with Gasteiger partial charge in [0.15, 0.2) is 5.16 Å². The molecule has 2 rings (SSSR count). The van der Waals surface area contributed by atoms with Crippen LogP contribution in [0.3, 0.4) is 0 Å². The average Bonchev–Trinajstić information content (AvgIpc) is 2.38. The van der Waals surface area contributed by atoms with Gasteiger partial charge < -0.3 is 5.11 Å². The maximum absolute atomic E-state index is 10.7. The summed E-state index contributed by atoms with van der Waals surface area (Å²) < 4.78 is 0. The van der Waals surface area contributed by atoms with Crippen LogP contribution < -0.4 is 0 Å². The molecule has 0 aliphatic carbocycles. The number of thioether (sulfide) groups is 1. The van der Waals surface area contributed by atoms with Crippen molar-refractivity contribution in [3.8, 4) is 0 Å². The largest absolute Gasteiger partial charge is 0.477 e. The second-order valence-corrected chi connectivity index (χ2v) is 4.08. The van der Waals surface area contributed by atoms with Gasteiger partial charge in [0.2, 0.25) is 0 Å². The number of carbonyl (C=O) groups is 1. The molecule has 0 radical (unpaired) electrons. The van der Waals surface area contributed by atoms with Crippen LogP contribution in [0.15, 0.2) is 41.8 Å². The Bertz CT molecular complexity index is 519. The highest BCUT2D eigenvalue weighted by molar-refractivity contribution is 7.98. The second kappa shape index (κ2) is 5.40. The van der Waals surface area contributed by atoms with E-state index in [1.807, 2.05) is 0 Å². The lowest BCUT2D eigenvalue weighted by Crippen LogP contribution is -2.01. The van der Waals surface area contributed by atoms with E-state index >= 15 is 0 Å². The number of rotatable bonds is 4. The molecule has 2 aromatic rings. The Morgan fingerprint density at radius 1 is 1.24 bits per heavy atom. The molecule has 0 atom stereocenters. The van der Waals surface area contributed by atoms with E-state index in [0.29, 0.717) is 16.6 Å². The summed E-state index contributed by atoms with van der Waals surface area (Å²) in [6.45, 7) is 0. The Kier molecular flexibility index (Phi) is 3.66.